The topological polar surface area (TPSA) is 142 Å². The first kappa shape index (κ1) is 27.4. The van der Waals surface area contributed by atoms with Gasteiger partial charge < -0.3 is 26.2 Å². The molecule has 0 spiro atoms. The van der Waals surface area contributed by atoms with Crippen LogP contribution in [0.4, 0.5) is 4.79 Å². The zero-order chi connectivity index (χ0) is 27.1. The van der Waals surface area contributed by atoms with Gasteiger partial charge in [-0.15, -0.1) is 0 Å². The Kier molecular flexibility index (Phi) is 7.85. The summed E-state index contributed by atoms with van der Waals surface area (Å²) in [5.74, 6) is -2.08. The predicted molar refractivity (Wildman–Crippen MR) is 137 cm³/mol. The minimum absolute atomic E-state index is 0.0154. The molecule has 1 heterocycles. The zero-order valence-electron chi connectivity index (χ0n) is 22.6. The molecule has 10 nitrogen and oxygen atoms in total. The van der Waals surface area contributed by atoms with Crippen molar-refractivity contribution in [2.45, 2.75) is 89.8 Å². The average Bonchev–Trinajstić information content (AvgIpc) is 3.16. The van der Waals surface area contributed by atoms with Gasteiger partial charge >= 0.3 is 6.03 Å². The van der Waals surface area contributed by atoms with Crippen LogP contribution >= 0.6 is 0 Å². The Morgan fingerprint density at radius 1 is 0.973 bits per heavy atom. The number of nitrogens with two attached hydrogens (primary N) is 1. The number of Topliss-reactive ketones (excluding diaryl/α,β-unsaturated/α-hetero) is 1. The molecule has 3 aliphatic carbocycles. The third-order valence-corrected chi connectivity index (χ3v) is 9.50. The summed E-state index contributed by atoms with van der Waals surface area (Å²) in [5, 5.41) is 5.75. The summed E-state index contributed by atoms with van der Waals surface area (Å²) in [6, 6.07) is -2.76. The van der Waals surface area contributed by atoms with Crippen molar-refractivity contribution in [3.8, 4) is 0 Å². The Hall–Kier alpha value is -2.65. The number of hydrogen-bond donors (Lipinski definition) is 3. The molecule has 4 aliphatic rings. The highest BCUT2D eigenvalue weighted by Gasteiger charge is 2.69. The molecule has 5 atom stereocenters. The van der Waals surface area contributed by atoms with E-state index in [4.69, 9.17) is 5.73 Å². The summed E-state index contributed by atoms with van der Waals surface area (Å²) in [4.78, 5) is 67.7. The van der Waals surface area contributed by atoms with E-state index >= 15 is 0 Å². The molecule has 37 heavy (non-hydrogen) atoms. The highest BCUT2D eigenvalue weighted by Crippen LogP contribution is 2.65. The molecule has 4 N–H and O–H groups in total. The van der Waals surface area contributed by atoms with Crippen molar-refractivity contribution in [2.75, 3.05) is 20.6 Å². The van der Waals surface area contributed by atoms with Crippen LogP contribution in [0.5, 0.6) is 0 Å². The maximum absolute atomic E-state index is 14.0. The van der Waals surface area contributed by atoms with Crippen LogP contribution in [-0.2, 0) is 19.2 Å². The number of nitrogens with zero attached hydrogens (tertiary/aromatic N) is 2. The number of piperidine rings is 1. The van der Waals surface area contributed by atoms with E-state index in [1.807, 2.05) is 0 Å². The van der Waals surface area contributed by atoms with Crippen LogP contribution in [0.15, 0.2) is 0 Å². The Bertz CT molecular complexity index is 939. The van der Waals surface area contributed by atoms with Crippen LogP contribution in [-0.4, -0.2) is 78.1 Å². The SMILES string of the molecule is CN(C)C(=O)N[C@H](C(=O)N1CC2C([C@H]1C(=O)NC(CC1CCC1)C(=O)C(N)=O)C2(C)C)C1CCCCC1. The van der Waals surface area contributed by atoms with Crippen molar-refractivity contribution in [1.82, 2.24) is 20.4 Å². The normalized spacial score (nSPS) is 28.3. The maximum Gasteiger partial charge on any atom is 0.317 e. The van der Waals surface area contributed by atoms with Crippen molar-refractivity contribution >= 4 is 29.5 Å². The van der Waals surface area contributed by atoms with E-state index in [0.29, 0.717) is 13.0 Å². The van der Waals surface area contributed by atoms with Crippen LogP contribution in [0.2, 0.25) is 0 Å². The van der Waals surface area contributed by atoms with Gasteiger partial charge in [-0.1, -0.05) is 52.4 Å². The number of amides is 5. The van der Waals surface area contributed by atoms with Gasteiger partial charge in [-0.05, 0) is 48.3 Å². The van der Waals surface area contributed by atoms with Gasteiger partial charge in [0, 0.05) is 20.6 Å². The Morgan fingerprint density at radius 3 is 2.16 bits per heavy atom. The molecule has 0 aromatic rings. The minimum Gasteiger partial charge on any atom is -0.363 e. The first-order chi connectivity index (χ1) is 17.4. The van der Waals surface area contributed by atoms with Crippen LogP contribution in [0.3, 0.4) is 0 Å². The summed E-state index contributed by atoms with van der Waals surface area (Å²) in [7, 11) is 3.28. The number of carbonyl (C=O) groups is 5. The number of rotatable bonds is 9. The maximum atomic E-state index is 14.0. The number of primary amides is 1. The average molecular weight is 518 g/mol. The molecule has 4 fully saturated rings. The summed E-state index contributed by atoms with van der Waals surface area (Å²) >= 11 is 0. The lowest BCUT2D eigenvalue weighted by molar-refractivity contribution is -0.144. The van der Waals surface area contributed by atoms with Crippen LogP contribution in [0.25, 0.3) is 0 Å². The number of carbonyl (C=O) groups excluding carboxylic acids is 5. The number of fused-ring (bicyclic) bond motifs is 1. The monoisotopic (exact) mass is 517 g/mol. The van der Waals surface area contributed by atoms with Gasteiger partial charge in [-0.25, -0.2) is 4.79 Å². The first-order valence-corrected chi connectivity index (χ1v) is 13.9. The molecule has 4 rings (SSSR count). The molecule has 5 amide bonds. The third-order valence-electron chi connectivity index (χ3n) is 9.50. The molecule has 0 aromatic carbocycles. The lowest BCUT2D eigenvalue weighted by Crippen LogP contribution is -2.60. The third kappa shape index (κ3) is 5.48. The first-order valence-electron chi connectivity index (χ1n) is 13.9. The second-order valence-electron chi connectivity index (χ2n) is 12.4. The molecule has 10 heteroatoms. The van der Waals surface area contributed by atoms with Crippen LogP contribution < -0.4 is 16.4 Å². The minimum atomic E-state index is -1.06. The van der Waals surface area contributed by atoms with Gasteiger partial charge in [-0.2, -0.15) is 0 Å². The summed E-state index contributed by atoms with van der Waals surface area (Å²) in [6.45, 7) is 4.63. The van der Waals surface area contributed by atoms with E-state index in [1.165, 1.54) is 4.90 Å². The predicted octanol–water partition coefficient (Wildman–Crippen LogP) is 1.42. The molecule has 0 radical (unpaired) electrons. The second-order valence-corrected chi connectivity index (χ2v) is 12.4. The molecule has 0 bridgehead atoms. The van der Waals surface area contributed by atoms with E-state index < -0.39 is 35.7 Å². The molecule has 206 valence electrons. The molecular formula is C27H43N5O5. The van der Waals surface area contributed by atoms with Gasteiger partial charge in [0.25, 0.3) is 5.91 Å². The summed E-state index contributed by atoms with van der Waals surface area (Å²) in [5.41, 5.74) is 5.19. The van der Waals surface area contributed by atoms with Crippen molar-refractivity contribution < 1.29 is 24.0 Å². The summed E-state index contributed by atoms with van der Waals surface area (Å²) in [6.07, 6.45) is 8.20. The quantitative estimate of drug-likeness (QED) is 0.397. The van der Waals surface area contributed by atoms with Gasteiger partial charge in [0.05, 0.1) is 6.04 Å². The lowest BCUT2D eigenvalue weighted by atomic mass is 9.80. The van der Waals surface area contributed by atoms with Gasteiger partial charge in [0.1, 0.15) is 12.1 Å². The second kappa shape index (κ2) is 10.6. The molecule has 1 saturated heterocycles. The lowest BCUT2D eigenvalue weighted by Gasteiger charge is -2.37. The number of urea groups is 1. The van der Waals surface area contributed by atoms with E-state index in [2.05, 4.69) is 24.5 Å². The molecule has 1 aliphatic heterocycles. The summed E-state index contributed by atoms with van der Waals surface area (Å²) < 4.78 is 0. The molecule has 3 saturated carbocycles. The fraction of sp³-hybridized carbons (Fsp3) is 0.815. The fourth-order valence-electron chi connectivity index (χ4n) is 6.82. The molecular weight excluding hydrogens is 474 g/mol. The van der Waals surface area contributed by atoms with Crippen LogP contribution in [0.1, 0.15) is 71.6 Å². The zero-order valence-corrected chi connectivity index (χ0v) is 22.6. The van der Waals surface area contributed by atoms with Gasteiger partial charge in [-0.3, -0.25) is 19.2 Å². The van der Waals surface area contributed by atoms with Crippen molar-refractivity contribution in [2.24, 2.45) is 34.8 Å². The Labute approximate surface area is 219 Å². The van der Waals surface area contributed by atoms with E-state index in [1.54, 1.807) is 19.0 Å². The van der Waals surface area contributed by atoms with Crippen molar-refractivity contribution in [1.29, 1.82) is 0 Å². The largest absolute Gasteiger partial charge is 0.363 e. The molecule has 0 aromatic heterocycles. The highest BCUT2D eigenvalue weighted by molar-refractivity contribution is 6.37. The van der Waals surface area contributed by atoms with Crippen LogP contribution in [0, 0.1) is 29.1 Å². The van der Waals surface area contributed by atoms with E-state index in [0.717, 1.165) is 51.4 Å². The number of hydrogen-bond acceptors (Lipinski definition) is 5. The van der Waals surface area contributed by atoms with Gasteiger partial charge in [0.15, 0.2) is 0 Å². The van der Waals surface area contributed by atoms with Gasteiger partial charge in [0.2, 0.25) is 17.6 Å². The fourth-order valence-corrected chi connectivity index (χ4v) is 6.82. The molecule has 3 unspecified atom stereocenters. The number of ketones is 1. The van der Waals surface area contributed by atoms with Crippen molar-refractivity contribution in [3.63, 3.8) is 0 Å². The Balaban J connectivity index is 1.56. The highest BCUT2D eigenvalue weighted by atomic mass is 16.2. The Morgan fingerprint density at radius 2 is 1.62 bits per heavy atom. The smallest absolute Gasteiger partial charge is 0.317 e. The van der Waals surface area contributed by atoms with E-state index in [-0.39, 0.29) is 41.0 Å². The van der Waals surface area contributed by atoms with E-state index in [9.17, 15) is 24.0 Å². The number of likely N-dealkylation sites (tertiary alicyclic amines) is 1. The van der Waals surface area contributed by atoms with Crippen molar-refractivity contribution in [3.05, 3.63) is 0 Å². The standard InChI is InChI=1S/C27H43N5O5/c1-27(2)17-14-32(25(36)20(30-26(37)31(3)4)16-11-6-5-7-12-16)21(19(17)27)24(35)29-18(22(33)23(28)34)13-15-9-8-10-15/h15-21H,5-14H2,1-4H3,(H2,28,34)(H,29,35)(H,30,37)/t17?,18?,19?,20-,21-/m0/s1. The number of nitrogens with one attached hydrogen (secondary N) is 2.